The molecule has 0 fully saturated rings. The molecule has 0 aliphatic heterocycles. The monoisotopic (exact) mass is 286 g/mol. The first-order chi connectivity index (χ1) is 10.0. The van der Waals surface area contributed by atoms with Gasteiger partial charge in [-0.25, -0.2) is 9.18 Å². The Morgan fingerprint density at radius 1 is 1.24 bits per heavy atom. The van der Waals surface area contributed by atoms with Crippen molar-refractivity contribution in [1.29, 1.82) is 0 Å². The van der Waals surface area contributed by atoms with Crippen LogP contribution in [0.15, 0.2) is 48.5 Å². The fraction of sp³-hybridized carbons (Fsp3) is 0.118. The number of aliphatic carboxylic acids is 1. The minimum Gasteiger partial charge on any atom is -0.488 e. The van der Waals surface area contributed by atoms with Crippen molar-refractivity contribution < 1.29 is 19.0 Å². The zero-order valence-electron chi connectivity index (χ0n) is 11.5. The first-order valence-electron chi connectivity index (χ1n) is 6.43. The van der Waals surface area contributed by atoms with Crippen LogP contribution in [0.25, 0.3) is 6.08 Å². The molecular weight excluding hydrogens is 271 g/mol. The molecule has 0 saturated heterocycles. The number of halogens is 1. The van der Waals surface area contributed by atoms with Crippen LogP contribution in [0.4, 0.5) is 4.39 Å². The molecule has 0 aliphatic rings. The van der Waals surface area contributed by atoms with E-state index in [1.807, 2.05) is 31.2 Å². The second-order valence-corrected chi connectivity index (χ2v) is 4.63. The number of benzene rings is 2. The summed E-state index contributed by atoms with van der Waals surface area (Å²) in [6.07, 6.45) is 2.27. The molecule has 0 saturated carbocycles. The Morgan fingerprint density at radius 3 is 2.62 bits per heavy atom. The van der Waals surface area contributed by atoms with Crippen molar-refractivity contribution in [1.82, 2.24) is 0 Å². The molecule has 1 N–H and O–H groups in total. The highest BCUT2D eigenvalue weighted by molar-refractivity contribution is 5.85. The Morgan fingerprint density at radius 2 is 1.95 bits per heavy atom. The van der Waals surface area contributed by atoms with E-state index in [0.29, 0.717) is 17.9 Å². The maximum absolute atomic E-state index is 13.2. The van der Waals surface area contributed by atoms with Crippen LogP contribution in [0, 0.1) is 12.7 Å². The van der Waals surface area contributed by atoms with Crippen LogP contribution in [0.5, 0.6) is 5.75 Å². The number of ether oxygens (including phenoxy) is 1. The topological polar surface area (TPSA) is 46.5 Å². The number of aryl methyl sites for hydroxylation is 1. The molecule has 3 nitrogen and oxygen atoms in total. The summed E-state index contributed by atoms with van der Waals surface area (Å²) in [6, 6.07) is 11.9. The number of hydrogen-bond acceptors (Lipinski definition) is 2. The van der Waals surface area contributed by atoms with E-state index in [4.69, 9.17) is 9.84 Å². The van der Waals surface area contributed by atoms with E-state index in [9.17, 15) is 9.18 Å². The molecule has 108 valence electrons. The van der Waals surface area contributed by atoms with Gasteiger partial charge in [0.25, 0.3) is 0 Å². The molecule has 0 spiro atoms. The molecule has 2 aromatic rings. The van der Waals surface area contributed by atoms with Gasteiger partial charge in [-0.3, -0.25) is 0 Å². The lowest BCUT2D eigenvalue weighted by Gasteiger charge is -2.09. The third kappa shape index (κ3) is 4.45. The fourth-order valence-electron chi connectivity index (χ4n) is 1.79. The largest absolute Gasteiger partial charge is 0.488 e. The van der Waals surface area contributed by atoms with E-state index in [2.05, 4.69) is 0 Å². The Kier molecular flexibility index (Phi) is 4.72. The summed E-state index contributed by atoms with van der Waals surface area (Å²) in [7, 11) is 0. The number of carbonyl (C=O) groups is 1. The molecule has 0 amide bonds. The minimum atomic E-state index is -1.09. The van der Waals surface area contributed by atoms with Crippen molar-refractivity contribution in [3.8, 4) is 5.75 Å². The number of hydrogen-bond donors (Lipinski definition) is 1. The lowest BCUT2D eigenvalue weighted by molar-refractivity contribution is -0.131. The van der Waals surface area contributed by atoms with Crippen LogP contribution < -0.4 is 4.74 Å². The van der Waals surface area contributed by atoms with Crippen molar-refractivity contribution in [2.45, 2.75) is 13.5 Å². The average Bonchev–Trinajstić information content (AvgIpc) is 2.45. The summed E-state index contributed by atoms with van der Waals surface area (Å²) in [5.74, 6) is -1.10. The maximum Gasteiger partial charge on any atom is 0.328 e. The van der Waals surface area contributed by atoms with Crippen LogP contribution in [0.2, 0.25) is 0 Å². The molecule has 0 bridgehead atoms. The van der Waals surface area contributed by atoms with Gasteiger partial charge in [-0.2, -0.15) is 0 Å². The molecule has 21 heavy (non-hydrogen) atoms. The third-order valence-corrected chi connectivity index (χ3v) is 2.89. The molecule has 0 aliphatic carbocycles. The first kappa shape index (κ1) is 14.8. The van der Waals surface area contributed by atoms with Crippen LogP contribution in [0.1, 0.15) is 16.7 Å². The van der Waals surface area contributed by atoms with Crippen molar-refractivity contribution in [2.24, 2.45) is 0 Å². The fourth-order valence-corrected chi connectivity index (χ4v) is 1.79. The SMILES string of the molecule is Cc1ccc(COc2ccc(F)cc2/C=C/C(=O)O)cc1. The average molecular weight is 286 g/mol. The third-order valence-electron chi connectivity index (χ3n) is 2.89. The van der Waals surface area contributed by atoms with Gasteiger partial charge >= 0.3 is 5.97 Å². The van der Waals surface area contributed by atoms with Crippen LogP contribution in [-0.4, -0.2) is 11.1 Å². The van der Waals surface area contributed by atoms with Crippen molar-refractivity contribution in [2.75, 3.05) is 0 Å². The van der Waals surface area contributed by atoms with E-state index in [0.717, 1.165) is 17.2 Å². The maximum atomic E-state index is 13.2. The van der Waals surface area contributed by atoms with Gasteiger partial charge in [-0.1, -0.05) is 29.8 Å². The Bertz CT molecular complexity index is 660. The predicted molar refractivity (Wildman–Crippen MR) is 78.6 cm³/mol. The minimum absolute atomic E-state index is 0.333. The Balaban J connectivity index is 2.15. The van der Waals surface area contributed by atoms with Crippen molar-refractivity contribution in [3.05, 3.63) is 71.0 Å². The highest BCUT2D eigenvalue weighted by Gasteiger charge is 2.04. The number of rotatable bonds is 5. The normalized spacial score (nSPS) is 10.8. The molecule has 0 radical (unpaired) electrons. The van der Waals surface area contributed by atoms with E-state index in [-0.39, 0.29) is 0 Å². The molecule has 0 aromatic heterocycles. The second kappa shape index (κ2) is 6.70. The van der Waals surface area contributed by atoms with Crippen molar-refractivity contribution in [3.63, 3.8) is 0 Å². The summed E-state index contributed by atoms with van der Waals surface area (Å²) in [5.41, 5.74) is 2.54. The zero-order valence-corrected chi connectivity index (χ0v) is 11.5. The summed E-state index contributed by atoms with van der Waals surface area (Å²) in [6.45, 7) is 2.33. The first-order valence-corrected chi connectivity index (χ1v) is 6.43. The molecular formula is C17H15FO3. The Hall–Kier alpha value is -2.62. The van der Waals surface area contributed by atoms with E-state index in [1.165, 1.54) is 24.3 Å². The van der Waals surface area contributed by atoms with Gasteiger partial charge in [0.05, 0.1) is 0 Å². The van der Waals surface area contributed by atoms with Gasteiger partial charge in [0.1, 0.15) is 18.2 Å². The molecule has 2 rings (SSSR count). The summed E-state index contributed by atoms with van der Waals surface area (Å²) in [5, 5.41) is 8.65. The van der Waals surface area contributed by atoms with Gasteiger partial charge in [0, 0.05) is 11.6 Å². The van der Waals surface area contributed by atoms with Gasteiger partial charge in [0.15, 0.2) is 0 Å². The summed E-state index contributed by atoms with van der Waals surface area (Å²) < 4.78 is 18.9. The van der Waals surface area contributed by atoms with Gasteiger partial charge in [-0.15, -0.1) is 0 Å². The van der Waals surface area contributed by atoms with Crippen molar-refractivity contribution >= 4 is 12.0 Å². The van der Waals surface area contributed by atoms with E-state index >= 15 is 0 Å². The summed E-state index contributed by atoms with van der Waals surface area (Å²) >= 11 is 0. The second-order valence-electron chi connectivity index (χ2n) is 4.63. The van der Waals surface area contributed by atoms with Crippen LogP contribution in [-0.2, 0) is 11.4 Å². The van der Waals surface area contributed by atoms with Gasteiger partial charge < -0.3 is 9.84 Å². The summed E-state index contributed by atoms with van der Waals surface area (Å²) in [4.78, 5) is 10.6. The Labute approximate surface area is 122 Å². The number of carboxylic acids is 1. The predicted octanol–water partition coefficient (Wildman–Crippen LogP) is 3.81. The lowest BCUT2D eigenvalue weighted by Crippen LogP contribution is -1.98. The van der Waals surface area contributed by atoms with Crippen LogP contribution in [0.3, 0.4) is 0 Å². The van der Waals surface area contributed by atoms with Crippen LogP contribution >= 0.6 is 0 Å². The molecule has 0 atom stereocenters. The molecule has 2 aromatic carbocycles. The van der Waals surface area contributed by atoms with E-state index in [1.54, 1.807) is 0 Å². The standard InChI is InChI=1S/C17H15FO3/c1-12-2-4-13(5-3-12)11-21-16-8-7-15(18)10-14(16)6-9-17(19)20/h2-10H,11H2,1H3,(H,19,20)/b9-6+. The lowest BCUT2D eigenvalue weighted by atomic mass is 10.1. The molecule has 0 unspecified atom stereocenters. The highest BCUT2D eigenvalue weighted by Crippen LogP contribution is 2.22. The quantitative estimate of drug-likeness (QED) is 0.850. The van der Waals surface area contributed by atoms with Gasteiger partial charge in [-0.05, 0) is 36.8 Å². The smallest absolute Gasteiger partial charge is 0.328 e. The van der Waals surface area contributed by atoms with E-state index < -0.39 is 11.8 Å². The van der Waals surface area contributed by atoms with Gasteiger partial charge in [0.2, 0.25) is 0 Å². The highest BCUT2D eigenvalue weighted by atomic mass is 19.1. The zero-order chi connectivity index (χ0) is 15.2. The molecule has 0 heterocycles. The molecule has 4 heteroatoms. The number of carboxylic acid groups (broad SMARTS) is 1.